The lowest BCUT2D eigenvalue weighted by Crippen LogP contribution is -2.12. The summed E-state index contributed by atoms with van der Waals surface area (Å²) in [6.07, 6.45) is 0.901. The molecule has 0 atom stereocenters. The molecule has 4 rings (SSSR count). The lowest BCUT2D eigenvalue weighted by atomic mass is 10.2. The molecule has 0 spiro atoms. The van der Waals surface area contributed by atoms with E-state index in [0.29, 0.717) is 29.6 Å². The monoisotopic (exact) mass is 365 g/mol. The van der Waals surface area contributed by atoms with Crippen LogP contribution < -0.4 is 11.1 Å². The van der Waals surface area contributed by atoms with E-state index >= 15 is 0 Å². The van der Waals surface area contributed by atoms with E-state index in [1.807, 2.05) is 35.7 Å². The Morgan fingerprint density at radius 2 is 2.04 bits per heavy atom. The van der Waals surface area contributed by atoms with Crippen LogP contribution in [0.25, 0.3) is 21.7 Å². The van der Waals surface area contributed by atoms with Gasteiger partial charge >= 0.3 is 5.76 Å². The molecule has 0 saturated carbocycles. The van der Waals surface area contributed by atoms with E-state index in [1.165, 1.54) is 0 Å². The minimum atomic E-state index is -0.513. The second-order valence-electron chi connectivity index (χ2n) is 5.78. The highest BCUT2D eigenvalue weighted by Crippen LogP contribution is 2.24. The van der Waals surface area contributed by atoms with Crippen molar-refractivity contribution in [3.05, 3.63) is 70.2 Å². The zero-order valence-corrected chi connectivity index (χ0v) is 14.5. The van der Waals surface area contributed by atoms with Gasteiger partial charge in [0.25, 0.3) is 0 Å². The SMILES string of the molecule is O=C(CCc1csc(-c2ccccc2)n1)Nc1ccc2oc(=O)[nH]c2c1. The number of rotatable bonds is 5. The minimum Gasteiger partial charge on any atom is -0.408 e. The van der Waals surface area contributed by atoms with E-state index in [-0.39, 0.29) is 5.91 Å². The highest BCUT2D eigenvalue weighted by molar-refractivity contribution is 7.13. The van der Waals surface area contributed by atoms with Crippen LogP contribution in [0.3, 0.4) is 0 Å². The van der Waals surface area contributed by atoms with Gasteiger partial charge < -0.3 is 9.73 Å². The summed E-state index contributed by atoms with van der Waals surface area (Å²) in [4.78, 5) is 30.5. The van der Waals surface area contributed by atoms with Crippen LogP contribution in [0.1, 0.15) is 12.1 Å². The van der Waals surface area contributed by atoms with E-state index < -0.39 is 5.76 Å². The third kappa shape index (κ3) is 3.57. The third-order valence-electron chi connectivity index (χ3n) is 3.88. The van der Waals surface area contributed by atoms with Gasteiger partial charge in [-0.15, -0.1) is 11.3 Å². The zero-order valence-electron chi connectivity index (χ0n) is 13.7. The molecule has 130 valence electrons. The molecule has 0 fully saturated rings. The first-order valence-corrected chi connectivity index (χ1v) is 8.98. The van der Waals surface area contributed by atoms with Crippen LogP contribution in [0.15, 0.2) is 63.1 Å². The molecule has 4 aromatic rings. The molecule has 2 aromatic carbocycles. The number of carbonyl (C=O) groups is 1. The summed E-state index contributed by atoms with van der Waals surface area (Å²) in [5.41, 5.74) is 3.61. The molecular formula is C19H15N3O3S. The van der Waals surface area contributed by atoms with Gasteiger partial charge in [-0.1, -0.05) is 30.3 Å². The molecule has 26 heavy (non-hydrogen) atoms. The number of carbonyl (C=O) groups excluding carboxylic acids is 1. The number of aryl methyl sites for hydroxylation is 1. The maximum Gasteiger partial charge on any atom is 0.417 e. The Labute approximate surface area is 152 Å². The molecular weight excluding hydrogens is 350 g/mol. The fraction of sp³-hybridized carbons (Fsp3) is 0.105. The largest absolute Gasteiger partial charge is 0.417 e. The number of H-pyrrole nitrogens is 1. The number of hydrogen-bond donors (Lipinski definition) is 2. The second-order valence-corrected chi connectivity index (χ2v) is 6.64. The maximum absolute atomic E-state index is 12.2. The number of benzene rings is 2. The Kier molecular flexibility index (Phi) is 4.37. The van der Waals surface area contributed by atoms with E-state index in [0.717, 1.165) is 16.3 Å². The summed E-state index contributed by atoms with van der Waals surface area (Å²) in [7, 11) is 0. The van der Waals surface area contributed by atoms with Crippen molar-refractivity contribution in [1.29, 1.82) is 0 Å². The first-order chi connectivity index (χ1) is 12.7. The predicted octanol–water partition coefficient (Wildman–Crippen LogP) is 3.82. The number of anilines is 1. The van der Waals surface area contributed by atoms with Gasteiger partial charge in [-0.05, 0) is 24.6 Å². The predicted molar refractivity (Wildman–Crippen MR) is 101 cm³/mol. The number of oxazole rings is 1. The smallest absolute Gasteiger partial charge is 0.408 e. The topological polar surface area (TPSA) is 88.0 Å². The lowest BCUT2D eigenvalue weighted by molar-refractivity contribution is -0.116. The van der Waals surface area contributed by atoms with Gasteiger partial charge in [0.2, 0.25) is 5.91 Å². The van der Waals surface area contributed by atoms with Crippen LogP contribution in [0.5, 0.6) is 0 Å². The molecule has 0 aliphatic heterocycles. The highest BCUT2D eigenvalue weighted by atomic mass is 32.1. The van der Waals surface area contributed by atoms with Gasteiger partial charge in [0.1, 0.15) is 5.01 Å². The Bertz CT molecular complexity index is 1110. The summed E-state index contributed by atoms with van der Waals surface area (Å²) in [5.74, 6) is -0.620. The van der Waals surface area contributed by atoms with Crippen molar-refractivity contribution in [3.63, 3.8) is 0 Å². The normalized spacial score (nSPS) is 10.9. The molecule has 0 unspecified atom stereocenters. The maximum atomic E-state index is 12.2. The van der Waals surface area contributed by atoms with Crippen molar-refractivity contribution < 1.29 is 9.21 Å². The van der Waals surface area contributed by atoms with Crippen molar-refractivity contribution in [1.82, 2.24) is 9.97 Å². The van der Waals surface area contributed by atoms with Crippen molar-refractivity contribution in [2.75, 3.05) is 5.32 Å². The number of nitrogens with zero attached hydrogens (tertiary/aromatic N) is 1. The highest BCUT2D eigenvalue weighted by Gasteiger charge is 2.09. The first kappa shape index (κ1) is 16.3. The van der Waals surface area contributed by atoms with Gasteiger partial charge in [-0.25, -0.2) is 9.78 Å². The molecule has 0 aliphatic carbocycles. The van der Waals surface area contributed by atoms with Crippen LogP contribution >= 0.6 is 11.3 Å². The van der Waals surface area contributed by atoms with E-state index in [9.17, 15) is 9.59 Å². The minimum absolute atomic E-state index is 0.107. The standard InChI is InChI=1S/C19H15N3O3S/c23-17(20-13-6-8-16-15(10-13)22-19(24)25-16)9-7-14-11-26-18(21-14)12-4-2-1-3-5-12/h1-6,8,10-11H,7,9H2,(H,20,23)(H,22,24). The number of aromatic amines is 1. The van der Waals surface area contributed by atoms with Crippen molar-refractivity contribution in [2.24, 2.45) is 0 Å². The molecule has 6 nitrogen and oxygen atoms in total. The number of amides is 1. The number of nitrogens with one attached hydrogen (secondary N) is 2. The quantitative estimate of drug-likeness (QED) is 0.563. The number of fused-ring (bicyclic) bond motifs is 1. The molecule has 7 heteroatoms. The van der Waals surface area contributed by atoms with Gasteiger partial charge in [0, 0.05) is 23.1 Å². The molecule has 1 amide bonds. The van der Waals surface area contributed by atoms with Gasteiger partial charge in [-0.2, -0.15) is 0 Å². The van der Waals surface area contributed by atoms with Gasteiger partial charge in [0.15, 0.2) is 5.58 Å². The summed E-state index contributed by atoms with van der Waals surface area (Å²) in [6.45, 7) is 0. The summed E-state index contributed by atoms with van der Waals surface area (Å²) < 4.78 is 4.94. The van der Waals surface area contributed by atoms with Gasteiger partial charge in [-0.3, -0.25) is 9.78 Å². The van der Waals surface area contributed by atoms with Crippen LogP contribution in [0.2, 0.25) is 0 Å². The van der Waals surface area contributed by atoms with Crippen LogP contribution in [0.4, 0.5) is 5.69 Å². The van der Waals surface area contributed by atoms with Crippen molar-refractivity contribution >= 4 is 34.0 Å². The summed E-state index contributed by atoms with van der Waals surface area (Å²) >= 11 is 1.58. The molecule has 0 radical (unpaired) electrons. The first-order valence-electron chi connectivity index (χ1n) is 8.10. The molecule has 2 N–H and O–H groups in total. The zero-order chi connectivity index (χ0) is 17.9. The van der Waals surface area contributed by atoms with Crippen molar-refractivity contribution in [2.45, 2.75) is 12.8 Å². The van der Waals surface area contributed by atoms with Crippen molar-refractivity contribution in [3.8, 4) is 10.6 Å². The van der Waals surface area contributed by atoms with E-state index in [2.05, 4.69) is 15.3 Å². The third-order valence-corrected chi connectivity index (χ3v) is 4.82. The van der Waals surface area contributed by atoms with Crippen LogP contribution in [0, 0.1) is 0 Å². The molecule has 2 aromatic heterocycles. The summed E-state index contributed by atoms with van der Waals surface area (Å²) in [5, 5.41) is 5.76. The van der Waals surface area contributed by atoms with Crippen LogP contribution in [-0.4, -0.2) is 15.9 Å². The molecule has 0 bridgehead atoms. The Morgan fingerprint density at radius 3 is 2.88 bits per heavy atom. The molecule has 0 aliphatic rings. The number of hydrogen-bond acceptors (Lipinski definition) is 5. The number of aromatic nitrogens is 2. The van der Waals surface area contributed by atoms with Gasteiger partial charge in [0.05, 0.1) is 11.2 Å². The molecule has 0 saturated heterocycles. The van der Waals surface area contributed by atoms with E-state index in [1.54, 1.807) is 29.5 Å². The summed E-state index contributed by atoms with van der Waals surface area (Å²) in [6, 6.07) is 15.0. The Balaban J connectivity index is 1.37. The van der Waals surface area contributed by atoms with Crippen LogP contribution in [-0.2, 0) is 11.2 Å². The molecule has 2 heterocycles. The number of thiazole rings is 1. The van der Waals surface area contributed by atoms with E-state index in [4.69, 9.17) is 4.42 Å². The Morgan fingerprint density at radius 1 is 1.19 bits per heavy atom. The average molecular weight is 365 g/mol. The Hall–Kier alpha value is -3.19. The second kappa shape index (κ2) is 6.97. The fourth-order valence-corrected chi connectivity index (χ4v) is 3.49. The fourth-order valence-electron chi connectivity index (χ4n) is 2.63. The lowest BCUT2D eigenvalue weighted by Gasteiger charge is -2.04. The average Bonchev–Trinajstić information content (AvgIpc) is 3.26.